The van der Waals surface area contributed by atoms with Gasteiger partial charge in [0, 0.05) is 12.3 Å². The minimum absolute atomic E-state index is 0. The molecule has 0 bridgehead atoms. The summed E-state index contributed by atoms with van der Waals surface area (Å²) in [7, 11) is 3.95. The van der Waals surface area contributed by atoms with Crippen LogP contribution in [0, 0.1) is 5.92 Å². The first kappa shape index (κ1) is 25.9. The Morgan fingerprint density at radius 3 is 2.53 bits per heavy atom. The van der Waals surface area contributed by atoms with Crippen molar-refractivity contribution in [3.8, 4) is 0 Å². The van der Waals surface area contributed by atoms with Gasteiger partial charge in [-0.3, -0.25) is 4.79 Å². The number of benzene rings is 1. The molecule has 2 aromatic rings. The smallest absolute Gasteiger partial charge is 0.408 e. The van der Waals surface area contributed by atoms with E-state index in [1.54, 1.807) is 0 Å². The quantitative estimate of drug-likeness (QED) is 0.404. The molecule has 1 aromatic heterocycles. The van der Waals surface area contributed by atoms with Gasteiger partial charge in [0.1, 0.15) is 12.6 Å². The second-order valence-corrected chi connectivity index (χ2v) is 8.32. The van der Waals surface area contributed by atoms with E-state index in [4.69, 9.17) is 9.15 Å². The molecule has 1 amide bonds. The van der Waals surface area contributed by atoms with Crippen LogP contribution in [0.4, 0.5) is 4.79 Å². The van der Waals surface area contributed by atoms with Crippen LogP contribution < -0.4 is 5.32 Å². The molecule has 30 heavy (non-hydrogen) atoms. The van der Waals surface area contributed by atoms with Crippen molar-refractivity contribution in [3.05, 3.63) is 41.8 Å². The Balaban J connectivity index is 0.00000450. The summed E-state index contributed by atoms with van der Waals surface area (Å²) in [5.74, 6) is 0.423. The zero-order valence-electron chi connectivity index (χ0n) is 17.7. The molecule has 0 saturated heterocycles. The van der Waals surface area contributed by atoms with Gasteiger partial charge >= 0.3 is 6.09 Å². The lowest BCUT2D eigenvalue weighted by molar-refractivity contribution is 0.0864. The standard InChI is InChI=1S/C20H28N4O4S.ClH/c1-14(2)12-16(21-19(26)27-13-15-8-6-5-7-9-15)17(25)18-22-23-20(28-18)29-11-10-24(3)4;/h5-9,14,16H,10-13H2,1-4H3,(H,21,26);1H. The highest BCUT2D eigenvalue weighted by Gasteiger charge is 2.28. The van der Waals surface area contributed by atoms with Crippen LogP contribution in [0.2, 0.25) is 0 Å². The third-order valence-corrected chi connectivity index (χ3v) is 4.71. The lowest BCUT2D eigenvalue weighted by atomic mass is 10.0. The summed E-state index contributed by atoms with van der Waals surface area (Å²) in [4.78, 5) is 27.0. The molecule has 0 aliphatic carbocycles. The zero-order chi connectivity index (χ0) is 21.2. The maximum atomic E-state index is 12.8. The van der Waals surface area contributed by atoms with E-state index in [0.717, 1.165) is 17.9 Å². The molecular weight excluding hydrogens is 428 g/mol. The molecule has 2 rings (SSSR count). The van der Waals surface area contributed by atoms with Gasteiger partial charge in [-0.1, -0.05) is 55.9 Å². The average molecular weight is 457 g/mol. The van der Waals surface area contributed by atoms with E-state index in [1.165, 1.54) is 11.8 Å². The summed E-state index contributed by atoms with van der Waals surface area (Å²) in [5, 5.41) is 10.7. The van der Waals surface area contributed by atoms with Gasteiger partial charge in [-0.25, -0.2) is 4.79 Å². The highest BCUT2D eigenvalue weighted by molar-refractivity contribution is 7.99. The second-order valence-electron chi connectivity index (χ2n) is 7.28. The molecule has 1 aromatic carbocycles. The molecular formula is C20H29ClN4O4S. The highest BCUT2D eigenvalue weighted by atomic mass is 35.5. The summed E-state index contributed by atoms with van der Waals surface area (Å²) in [5.41, 5.74) is 0.866. The molecule has 0 spiro atoms. The fourth-order valence-electron chi connectivity index (χ4n) is 2.44. The van der Waals surface area contributed by atoms with E-state index >= 15 is 0 Å². The SMILES string of the molecule is CC(C)CC(NC(=O)OCc1ccccc1)C(=O)c1nnc(SCCN(C)C)o1.Cl. The van der Waals surface area contributed by atoms with Crippen molar-refractivity contribution in [2.75, 3.05) is 26.4 Å². The van der Waals surface area contributed by atoms with Crippen molar-refractivity contribution in [3.63, 3.8) is 0 Å². The molecule has 0 fully saturated rings. The van der Waals surface area contributed by atoms with Crippen LogP contribution in [-0.2, 0) is 11.3 Å². The minimum Gasteiger partial charge on any atom is -0.445 e. The van der Waals surface area contributed by atoms with Crippen LogP contribution in [0.25, 0.3) is 0 Å². The minimum atomic E-state index is -0.793. The summed E-state index contributed by atoms with van der Waals surface area (Å²) < 4.78 is 10.7. The molecule has 0 aliphatic heterocycles. The van der Waals surface area contributed by atoms with E-state index in [-0.39, 0.29) is 30.8 Å². The Kier molecular flexibility index (Phi) is 11.5. The predicted octanol–water partition coefficient (Wildman–Crippen LogP) is 3.67. The highest BCUT2D eigenvalue weighted by Crippen LogP contribution is 2.18. The Morgan fingerprint density at radius 2 is 1.90 bits per heavy atom. The van der Waals surface area contributed by atoms with Crippen molar-refractivity contribution in [1.29, 1.82) is 0 Å². The van der Waals surface area contributed by atoms with Crippen LogP contribution in [0.5, 0.6) is 0 Å². The number of alkyl carbamates (subject to hydrolysis) is 1. The lowest BCUT2D eigenvalue weighted by Crippen LogP contribution is -2.42. The Labute approximate surface area is 187 Å². The number of hydrogen-bond acceptors (Lipinski definition) is 8. The van der Waals surface area contributed by atoms with E-state index in [1.807, 2.05) is 63.2 Å². The number of ketones is 1. The topological polar surface area (TPSA) is 97.6 Å². The van der Waals surface area contributed by atoms with Gasteiger partial charge in [0.25, 0.3) is 11.1 Å². The van der Waals surface area contributed by atoms with Crippen LogP contribution in [0.3, 0.4) is 0 Å². The molecule has 8 nitrogen and oxygen atoms in total. The number of ether oxygens (including phenoxy) is 1. The molecule has 1 N–H and O–H groups in total. The van der Waals surface area contributed by atoms with E-state index in [9.17, 15) is 9.59 Å². The number of Topliss-reactive ketones (excluding diaryl/α,β-unsaturated/α-hetero) is 1. The van der Waals surface area contributed by atoms with Crippen molar-refractivity contribution >= 4 is 36.0 Å². The number of nitrogens with zero attached hydrogens (tertiary/aromatic N) is 3. The fourth-order valence-corrected chi connectivity index (χ4v) is 3.31. The molecule has 1 heterocycles. The van der Waals surface area contributed by atoms with Gasteiger partial charge in [-0.15, -0.1) is 22.6 Å². The maximum absolute atomic E-state index is 12.8. The van der Waals surface area contributed by atoms with E-state index in [2.05, 4.69) is 15.5 Å². The maximum Gasteiger partial charge on any atom is 0.408 e. The third kappa shape index (κ3) is 9.15. The number of carbonyl (C=O) groups is 2. The van der Waals surface area contributed by atoms with Crippen molar-refractivity contribution in [2.24, 2.45) is 5.92 Å². The molecule has 0 aliphatic rings. The summed E-state index contributed by atoms with van der Waals surface area (Å²) in [6.07, 6.45) is -0.224. The average Bonchev–Trinajstić information content (AvgIpc) is 3.14. The summed E-state index contributed by atoms with van der Waals surface area (Å²) in [6, 6.07) is 8.55. The molecule has 10 heteroatoms. The first-order valence-electron chi connectivity index (χ1n) is 9.47. The first-order chi connectivity index (χ1) is 13.8. The van der Waals surface area contributed by atoms with Crippen LogP contribution in [0.15, 0.2) is 40.0 Å². The number of nitrogens with one attached hydrogen (secondary N) is 1. The predicted molar refractivity (Wildman–Crippen MR) is 118 cm³/mol. The summed E-state index contributed by atoms with van der Waals surface area (Å²) >= 11 is 1.39. The van der Waals surface area contributed by atoms with Gasteiger partial charge in [0.05, 0.1) is 0 Å². The normalized spacial score (nSPS) is 11.8. The Morgan fingerprint density at radius 1 is 1.20 bits per heavy atom. The fraction of sp³-hybridized carbons (Fsp3) is 0.500. The van der Waals surface area contributed by atoms with Crippen molar-refractivity contribution in [2.45, 2.75) is 38.1 Å². The molecule has 0 saturated carbocycles. The molecule has 1 unspecified atom stereocenters. The number of hydrogen-bond donors (Lipinski definition) is 1. The van der Waals surface area contributed by atoms with Crippen LogP contribution in [-0.4, -0.2) is 59.4 Å². The van der Waals surface area contributed by atoms with Gasteiger partial charge in [0.2, 0.25) is 5.78 Å². The monoisotopic (exact) mass is 456 g/mol. The van der Waals surface area contributed by atoms with Gasteiger partial charge in [-0.05, 0) is 32.0 Å². The van der Waals surface area contributed by atoms with Crippen LogP contribution in [0.1, 0.15) is 36.5 Å². The van der Waals surface area contributed by atoms with Gasteiger partial charge < -0.3 is 19.4 Å². The second kappa shape index (κ2) is 13.3. The number of carbonyl (C=O) groups excluding carboxylic acids is 2. The lowest BCUT2D eigenvalue weighted by Gasteiger charge is -2.17. The van der Waals surface area contributed by atoms with Crippen molar-refractivity contribution in [1.82, 2.24) is 20.4 Å². The van der Waals surface area contributed by atoms with Crippen molar-refractivity contribution < 1.29 is 18.7 Å². The molecule has 1 atom stereocenters. The van der Waals surface area contributed by atoms with Crippen LogP contribution >= 0.6 is 24.2 Å². The van der Waals surface area contributed by atoms with E-state index in [0.29, 0.717) is 11.6 Å². The summed E-state index contributed by atoms with van der Waals surface area (Å²) in [6.45, 7) is 4.91. The number of halogens is 1. The van der Waals surface area contributed by atoms with Gasteiger partial charge in [-0.2, -0.15) is 0 Å². The molecule has 166 valence electrons. The Hall–Kier alpha value is -2.10. The number of amides is 1. The van der Waals surface area contributed by atoms with E-state index < -0.39 is 17.9 Å². The third-order valence-electron chi connectivity index (χ3n) is 3.91. The zero-order valence-corrected chi connectivity index (χ0v) is 19.3. The number of rotatable bonds is 11. The van der Waals surface area contributed by atoms with Gasteiger partial charge in [0.15, 0.2) is 0 Å². The Bertz CT molecular complexity index is 786. The number of aromatic nitrogens is 2. The molecule has 0 radical (unpaired) electrons. The largest absolute Gasteiger partial charge is 0.445 e. The first-order valence-corrected chi connectivity index (χ1v) is 10.5. The number of thioether (sulfide) groups is 1.